The predicted octanol–water partition coefficient (Wildman–Crippen LogP) is 3.69. The Hall–Kier alpha value is -0.630. The fraction of sp³-hybridized carbons (Fsp3) is 0.583. The molecule has 0 N–H and O–H groups in total. The third-order valence-corrected chi connectivity index (χ3v) is 2.98. The summed E-state index contributed by atoms with van der Waals surface area (Å²) in [4.78, 5) is 12.7. The van der Waals surface area contributed by atoms with Crippen LogP contribution in [0.15, 0.2) is 17.5 Å². The third-order valence-electron chi connectivity index (χ3n) is 2.11. The molecule has 0 radical (unpaired) electrons. The van der Waals surface area contributed by atoms with Gasteiger partial charge < -0.3 is 0 Å². The lowest BCUT2D eigenvalue weighted by Crippen LogP contribution is -2.10. The van der Waals surface area contributed by atoms with Crippen LogP contribution in [0.2, 0.25) is 0 Å². The topological polar surface area (TPSA) is 17.1 Å². The Bertz CT molecular complexity index is 280. The zero-order chi connectivity index (χ0) is 10.6. The van der Waals surface area contributed by atoms with Gasteiger partial charge in [0.25, 0.3) is 0 Å². The molecule has 0 atom stereocenters. The van der Waals surface area contributed by atoms with Crippen molar-refractivity contribution in [3.63, 3.8) is 0 Å². The molecule has 0 unspecified atom stereocenters. The average Bonchev–Trinajstić information content (AvgIpc) is 2.52. The van der Waals surface area contributed by atoms with E-state index in [-0.39, 0.29) is 5.41 Å². The second kappa shape index (κ2) is 4.74. The molecule has 1 heterocycles. The molecule has 0 aliphatic carbocycles. The van der Waals surface area contributed by atoms with Crippen LogP contribution in [0.1, 0.15) is 38.5 Å². The van der Waals surface area contributed by atoms with Gasteiger partial charge in [-0.25, -0.2) is 0 Å². The van der Waals surface area contributed by atoms with Gasteiger partial charge in [0, 0.05) is 17.7 Å². The summed E-state index contributed by atoms with van der Waals surface area (Å²) in [7, 11) is 0. The van der Waals surface area contributed by atoms with E-state index in [1.165, 1.54) is 4.88 Å². The van der Waals surface area contributed by atoms with Crippen molar-refractivity contribution < 1.29 is 4.79 Å². The molecule has 78 valence electrons. The van der Waals surface area contributed by atoms with E-state index >= 15 is 0 Å². The SMILES string of the molecule is CC(C)(C)CCC(=O)Cc1cccs1. The molecule has 2 heteroatoms. The maximum atomic E-state index is 11.6. The second-order valence-electron chi connectivity index (χ2n) is 4.86. The number of Topliss-reactive ketones (excluding diaryl/α,β-unsaturated/α-hetero) is 1. The first-order valence-electron chi connectivity index (χ1n) is 5.01. The minimum atomic E-state index is 0.269. The molecule has 0 aliphatic heterocycles. The predicted molar refractivity (Wildman–Crippen MR) is 61.7 cm³/mol. The third kappa shape index (κ3) is 4.56. The van der Waals surface area contributed by atoms with Crippen LogP contribution < -0.4 is 0 Å². The molecular formula is C12H18OS. The van der Waals surface area contributed by atoms with Crippen LogP contribution in [0.5, 0.6) is 0 Å². The molecule has 14 heavy (non-hydrogen) atoms. The molecular weight excluding hydrogens is 192 g/mol. The number of hydrogen-bond donors (Lipinski definition) is 0. The van der Waals surface area contributed by atoms with Crippen LogP contribution in [-0.2, 0) is 11.2 Å². The second-order valence-corrected chi connectivity index (χ2v) is 5.89. The minimum Gasteiger partial charge on any atom is -0.299 e. The molecule has 0 saturated carbocycles. The smallest absolute Gasteiger partial charge is 0.138 e. The Kier molecular flexibility index (Phi) is 3.87. The molecule has 0 saturated heterocycles. The lowest BCUT2D eigenvalue weighted by atomic mass is 9.89. The number of rotatable bonds is 4. The number of hydrogen-bond acceptors (Lipinski definition) is 2. The summed E-state index contributed by atoms with van der Waals surface area (Å²) in [6, 6.07) is 4.02. The van der Waals surface area contributed by atoms with Crippen molar-refractivity contribution in [2.45, 2.75) is 40.0 Å². The van der Waals surface area contributed by atoms with E-state index in [0.29, 0.717) is 18.6 Å². The Morgan fingerprint density at radius 2 is 2.14 bits per heavy atom. The van der Waals surface area contributed by atoms with Crippen molar-refractivity contribution in [2.24, 2.45) is 5.41 Å². The van der Waals surface area contributed by atoms with Crippen molar-refractivity contribution in [1.29, 1.82) is 0 Å². The van der Waals surface area contributed by atoms with Gasteiger partial charge in [-0.05, 0) is 23.3 Å². The van der Waals surface area contributed by atoms with Crippen molar-refractivity contribution in [1.82, 2.24) is 0 Å². The van der Waals surface area contributed by atoms with Crippen molar-refractivity contribution in [2.75, 3.05) is 0 Å². The first kappa shape index (κ1) is 11.4. The van der Waals surface area contributed by atoms with Gasteiger partial charge >= 0.3 is 0 Å². The number of ketones is 1. The summed E-state index contributed by atoms with van der Waals surface area (Å²) in [6.07, 6.45) is 2.31. The Morgan fingerprint density at radius 1 is 1.43 bits per heavy atom. The highest BCUT2D eigenvalue weighted by Gasteiger charge is 2.13. The molecule has 1 rings (SSSR count). The zero-order valence-corrected chi connectivity index (χ0v) is 9.99. The maximum Gasteiger partial charge on any atom is 0.138 e. The van der Waals surface area contributed by atoms with E-state index in [9.17, 15) is 4.79 Å². The van der Waals surface area contributed by atoms with Crippen LogP contribution in [0, 0.1) is 5.41 Å². The molecule has 0 fully saturated rings. The Balaban J connectivity index is 2.30. The van der Waals surface area contributed by atoms with Crippen LogP contribution in [-0.4, -0.2) is 5.78 Å². The maximum absolute atomic E-state index is 11.6. The molecule has 0 bridgehead atoms. The standard InChI is InChI=1S/C12H18OS/c1-12(2,3)7-6-10(13)9-11-5-4-8-14-11/h4-5,8H,6-7,9H2,1-3H3. The van der Waals surface area contributed by atoms with E-state index in [0.717, 1.165) is 6.42 Å². The van der Waals surface area contributed by atoms with Gasteiger partial charge in [-0.2, -0.15) is 0 Å². The Morgan fingerprint density at radius 3 is 2.64 bits per heavy atom. The Labute approximate surface area is 90.2 Å². The van der Waals surface area contributed by atoms with Gasteiger partial charge in [0.2, 0.25) is 0 Å². The van der Waals surface area contributed by atoms with Crippen LogP contribution in [0.25, 0.3) is 0 Å². The lowest BCUT2D eigenvalue weighted by Gasteiger charge is -2.16. The summed E-state index contributed by atoms with van der Waals surface area (Å²) in [5.74, 6) is 0.363. The molecule has 1 aromatic heterocycles. The van der Waals surface area contributed by atoms with Crippen LogP contribution >= 0.6 is 11.3 Å². The highest BCUT2D eigenvalue weighted by Crippen LogP contribution is 2.21. The fourth-order valence-electron chi connectivity index (χ4n) is 1.21. The van der Waals surface area contributed by atoms with Crippen LogP contribution in [0.4, 0.5) is 0 Å². The van der Waals surface area contributed by atoms with Gasteiger partial charge in [0.15, 0.2) is 0 Å². The van der Waals surface area contributed by atoms with E-state index in [4.69, 9.17) is 0 Å². The monoisotopic (exact) mass is 210 g/mol. The molecule has 0 spiro atoms. The zero-order valence-electron chi connectivity index (χ0n) is 9.17. The molecule has 1 nitrogen and oxygen atoms in total. The van der Waals surface area contributed by atoms with Gasteiger partial charge in [-0.15, -0.1) is 11.3 Å². The summed E-state index contributed by atoms with van der Waals surface area (Å²) < 4.78 is 0. The summed E-state index contributed by atoms with van der Waals surface area (Å²) in [6.45, 7) is 6.52. The van der Waals surface area contributed by atoms with Crippen molar-refractivity contribution >= 4 is 17.1 Å². The molecule has 1 aromatic rings. The number of carbonyl (C=O) groups is 1. The normalized spacial score (nSPS) is 11.6. The molecule has 0 aliphatic rings. The molecule has 0 amide bonds. The summed E-state index contributed by atoms with van der Waals surface area (Å²) in [5.41, 5.74) is 0.269. The first-order valence-corrected chi connectivity index (χ1v) is 5.89. The number of thiophene rings is 1. The summed E-state index contributed by atoms with van der Waals surface area (Å²) >= 11 is 1.66. The van der Waals surface area contributed by atoms with Gasteiger partial charge in [-0.3, -0.25) is 4.79 Å². The largest absolute Gasteiger partial charge is 0.299 e. The van der Waals surface area contributed by atoms with E-state index in [1.54, 1.807) is 11.3 Å². The van der Waals surface area contributed by atoms with Crippen molar-refractivity contribution in [3.05, 3.63) is 22.4 Å². The van der Waals surface area contributed by atoms with E-state index in [1.807, 2.05) is 17.5 Å². The average molecular weight is 210 g/mol. The lowest BCUT2D eigenvalue weighted by molar-refractivity contribution is -0.118. The van der Waals surface area contributed by atoms with Crippen LogP contribution in [0.3, 0.4) is 0 Å². The molecule has 0 aromatic carbocycles. The van der Waals surface area contributed by atoms with E-state index in [2.05, 4.69) is 20.8 Å². The van der Waals surface area contributed by atoms with Gasteiger partial charge in [-0.1, -0.05) is 26.8 Å². The highest BCUT2D eigenvalue weighted by atomic mass is 32.1. The summed E-state index contributed by atoms with van der Waals surface area (Å²) in [5, 5.41) is 2.02. The highest BCUT2D eigenvalue weighted by molar-refractivity contribution is 7.10. The van der Waals surface area contributed by atoms with E-state index < -0.39 is 0 Å². The van der Waals surface area contributed by atoms with Gasteiger partial charge in [0.1, 0.15) is 5.78 Å². The van der Waals surface area contributed by atoms with Crippen molar-refractivity contribution in [3.8, 4) is 0 Å². The number of carbonyl (C=O) groups excluding carboxylic acids is 1. The minimum absolute atomic E-state index is 0.269. The first-order chi connectivity index (χ1) is 6.47. The van der Waals surface area contributed by atoms with Gasteiger partial charge in [0.05, 0.1) is 0 Å². The quantitative estimate of drug-likeness (QED) is 0.740. The fourth-order valence-corrected chi connectivity index (χ4v) is 1.94.